The third-order valence-electron chi connectivity index (χ3n) is 3.97. The van der Waals surface area contributed by atoms with Gasteiger partial charge >= 0.3 is 5.97 Å². The second kappa shape index (κ2) is 9.14. The van der Waals surface area contributed by atoms with E-state index in [0.29, 0.717) is 23.8 Å². The summed E-state index contributed by atoms with van der Waals surface area (Å²) in [6.07, 6.45) is 3.63. The first-order valence-corrected chi connectivity index (χ1v) is 9.37. The van der Waals surface area contributed by atoms with Crippen molar-refractivity contribution in [2.45, 2.75) is 20.4 Å². The van der Waals surface area contributed by atoms with Gasteiger partial charge in [0.2, 0.25) is 0 Å². The number of esters is 1. The largest absolute Gasteiger partial charge is 0.462 e. The molecule has 1 heterocycles. The maximum Gasteiger partial charge on any atom is 0.338 e. The molecule has 0 amide bonds. The number of hydrogen-bond donors (Lipinski definition) is 2. The number of anilines is 2. The smallest absolute Gasteiger partial charge is 0.338 e. The van der Waals surface area contributed by atoms with Gasteiger partial charge in [0.05, 0.1) is 30.6 Å². The van der Waals surface area contributed by atoms with Gasteiger partial charge in [0.15, 0.2) is 5.11 Å². The normalized spacial score (nSPS) is 10.4. The Morgan fingerprint density at radius 2 is 1.89 bits per heavy atom. The van der Waals surface area contributed by atoms with Gasteiger partial charge in [-0.15, -0.1) is 0 Å². The number of nitrogens with one attached hydrogen (secondary N) is 2. The number of benzene rings is 2. The molecule has 0 atom stereocenters. The van der Waals surface area contributed by atoms with E-state index in [4.69, 9.17) is 17.0 Å². The van der Waals surface area contributed by atoms with E-state index in [1.807, 2.05) is 16.9 Å². The second-order valence-corrected chi connectivity index (χ2v) is 6.70. The average Bonchev–Trinajstić information content (AvgIpc) is 3.09. The maximum absolute atomic E-state index is 11.7. The summed E-state index contributed by atoms with van der Waals surface area (Å²) < 4.78 is 6.83. The molecule has 0 fully saturated rings. The Morgan fingerprint density at radius 3 is 2.61 bits per heavy atom. The fraction of sp³-hybridized carbons (Fsp3) is 0.190. The summed E-state index contributed by atoms with van der Waals surface area (Å²) in [7, 11) is 0. The summed E-state index contributed by atoms with van der Waals surface area (Å²) in [4.78, 5) is 11.7. The number of hydrogen-bond acceptors (Lipinski definition) is 4. The lowest BCUT2D eigenvalue weighted by Crippen LogP contribution is -2.18. The van der Waals surface area contributed by atoms with Crippen molar-refractivity contribution in [3.8, 4) is 0 Å². The summed E-state index contributed by atoms with van der Waals surface area (Å²) in [5, 5.41) is 11.0. The maximum atomic E-state index is 11.7. The van der Waals surface area contributed by atoms with E-state index in [2.05, 4.69) is 40.9 Å². The van der Waals surface area contributed by atoms with Crippen molar-refractivity contribution in [2.75, 3.05) is 17.2 Å². The average molecular weight is 395 g/mol. The Morgan fingerprint density at radius 1 is 1.14 bits per heavy atom. The first-order chi connectivity index (χ1) is 13.5. The van der Waals surface area contributed by atoms with Crippen molar-refractivity contribution in [2.24, 2.45) is 0 Å². The molecule has 0 bridgehead atoms. The van der Waals surface area contributed by atoms with Gasteiger partial charge in [-0.2, -0.15) is 5.10 Å². The van der Waals surface area contributed by atoms with Gasteiger partial charge in [0.25, 0.3) is 0 Å². The molecule has 28 heavy (non-hydrogen) atoms. The fourth-order valence-corrected chi connectivity index (χ4v) is 2.95. The van der Waals surface area contributed by atoms with Crippen LogP contribution in [0.2, 0.25) is 0 Å². The number of aryl methyl sites for hydroxylation is 1. The van der Waals surface area contributed by atoms with Crippen molar-refractivity contribution in [3.63, 3.8) is 0 Å². The number of aromatic nitrogens is 2. The topological polar surface area (TPSA) is 68.2 Å². The highest BCUT2D eigenvalue weighted by Crippen LogP contribution is 2.13. The van der Waals surface area contributed by atoms with E-state index >= 15 is 0 Å². The Bertz CT molecular complexity index is 967. The minimum absolute atomic E-state index is 0.337. The molecule has 144 valence electrons. The van der Waals surface area contributed by atoms with E-state index in [9.17, 15) is 4.79 Å². The molecule has 2 N–H and O–H groups in total. The van der Waals surface area contributed by atoms with Crippen molar-refractivity contribution >= 4 is 34.7 Å². The van der Waals surface area contributed by atoms with E-state index in [-0.39, 0.29) is 5.97 Å². The van der Waals surface area contributed by atoms with Gasteiger partial charge in [-0.3, -0.25) is 4.68 Å². The van der Waals surface area contributed by atoms with Gasteiger partial charge in [0, 0.05) is 11.9 Å². The molecular formula is C21H22N4O2S. The Labute approximate surface area is 169 Å². The van der Waals surface area contributed by atoms with Crippen LogP contribution < -0.4 is 10.6 Å². The predicted octanol–water partition coefficient (Wildman–Crippen LogP) is 4.23. The van der Waals surface area contributed by atoms with Gasteiger partial charge in [0.1, 0.15) is 0 Å². The zero-order valence-electron chi connectivity index (χ0n) is 15.8. The van der Waals surface area contributed by atoms with Crippen molar-refractivity contribution in [3.05, 3.63) is 77.6 Å². The van der Waals surface area contributed by atoms with Crippen LogP contribution in [-0.4, -0.2) is 27.5 Å². The van der Waals surface area contributed by atoms with Gasteiger partial charge in [-0.25, -0.2) is 4.79 Å². The molecule has 0 spiro atoms. The lowest BCUT2D eigenvalue weighted by atomic mass is 10.1. The molecular weight excluding hydrogens is 372 g/mol. The molecule has 0 saturated carbocycles. The summed E-state index contributed by atoms with van der Waals surface area (Å²) in [5.41, 5.74) is 4.49. The van der Waals surface area contributed by atoms with Crippen LogP contribution in [0.1, 0.15) is 28.4 Å². The number of nitrogens with zero attached hydrogens (tertiary/aromatic N) is 2. The first-order valence-electron chi connectivity index (χ1n) is 8.96. The van der Waals surface area contributed by atoms with Crippen molar-refractivity contribution < 1.29 is 9.53 Å². The third-order valence-corrected chi connectivity index (χ3v) is 4.18. The van der Waals surface area contributed by atoms with Crippen LogP contribution in [0.15, 0.2) is 60.9 Å². The lowest BCUT2D eigenvalue weighted by Gasteiger charge is -2.09. The van der Waals surface area contributed by atoms with Crippen LogP contribution in [0.5, 0.6) is 0 Å². The molecule has 0 aliphatic carbocycles. The Hall–Kier alpha value is -3.19. The Kier molecular flexibility index (Phi) is 6.39. The van der Waals surface area contributed by atoms with Crippen LogP contribution in [0.3, 0.4) is 0 Å². The van der Waals surface area contributed by atoms with E-state index in [1.54, 1.807) is 37.4 Å². The number of thiocarbonyl (C=S) groups is 1. The van der Waals surface area contributed by atoms with Gasteiger partial charge in [-0.05, 0) is 55.9 Å². The number of rotatable bonds is 6. The zero-order valence-corrected chi connectivity index (χ0v) is 16.6. The lowest BCUT2D eigenvalue weighted by molar-refractivity contribution is 0.0526. The highest BCUT2D eigenvalue weighted by molar-refractivity contribution is 7.80. The molecule has 0 aliphatic rings. The van der Waals surface area contributed by atoms with Crippen LogP contribution in [0.4, 0.5) is 11.4 Å². The minimum Gasteiger partial charge on any atom is -0.462 e. The summed E-state index contributed by atoms with van der Waals surface area (Å²) in [6.45, 7) is 4.90. The van der Waals surface area contributed by atoms with Gasteiger partial charge in [-0.1, -0.05) is 29.8 Å². The molecule has 0 aliphatic heterocycles. The third kappa shape index (κ3) is 5.40. The SMILES string of the molecule is CCOC(=O)c1ccc(NC(=S)Nc2cnn(Cc3cccc(C)c3)c2)cc1. The molecule has 6 nitrogen and oxygen atoms in total. The van der Waals surface area contributed by atoms with E-state index < -0.39 is 0 Å². The quantitative estimate of drug-likeness (QED) is 0.482. The minimum atomic E-state index is -0.337. The van der Waals surface area contributed by atoms with Crippen LogP contribution in [-0.2, 0) is 11.3 Å². The van der Waals surface area contributed by atoms with E-state index in [1.165, 1.54) is 11.1 Å². The Balaban J connectivity index is 1.55. The molecule has 0 radical (unpaired) electrons. The van der Waals surface area contributed by atoms with E-state index in [0.717, 1.165) is 11.4 Å². The standard InChI is InChI=1S/C21H22N4O2S/c1-3-27-20(26)17-7-9-18(10-8-17)23-21(28)24-19-12-22-25(14-19)13-16-6-4-5-15(2)11-16/h4-12,14H,3,13H2,1-2H3,(H2,23,24,28). The number of carbonyl (C=O) groups excluding carboxylic acids is 1. The van der Waals surface area contributed by atoms with Crippen LogP contribution >= 0.6 is 12.2 Å². The molecule has 1 aromatic heterocycles. The highest BCUT2D eigenvalue weighted by atomic mass is 32.1. The molecule has 2 aromatic carbocycles. The fourth-order valence-electron chi connectivity index (χ4n) is 2.71. The highest BCUT2D eigenvalue weighted by Gasteiger charge is 2.07. The summed E-state index contributed by atoms with van der Waals surface area (Å²) in [5.74, 6) is -0.337. The van der Waals surface area contributed by atoms with Crippen LogP contribution in [0, 0.1) is 6.92 Å². The summed E-state index contributed by atoms with van der Waals surface area (Å²) >= 11 is 5.35. The predicted molar refractivity (Wildman–Crippen MR) is 115 cm³/mol. The zero-order chi connectivity index (χ0) is 19.9. The molecule has 3 aromatic rings. The molecule has 3 rings (SSSR count). The van der Waals surface area contributed by atoms with Crippen molar-refractivity contribution in [1.82, 2.24) is 9.78 Å². The second-order valence-electron chi connectivity index (χ2n) is 6.29. The van der Waals surface area contributed by atoms with Gasteiger partial charge < -0.3 is 15.4 Å². The monoisotopic (exact) mass is 394 g/mol. The molecule has 0 saturated heterocycles. The van der Waals surface area contributed by atoms with Crippen molar-refractivity contribution in [1.29, 1.82) is 0 Å². The van der Waals surface area contributed by atoms with Crippen LogP contribution in [0.25, 0.3) is 0 Å². The first kappa shape index (κ1) is 19.6. The number of ether oxygens (including phenoxy) is 1. The summed E-state index contributed by atoms with van der Waals surface area (Å²) in [6, 6.07) is 15.3. The molecule has 7 heteroatoms. The molecule has 0 unspecified atom stereocenters. The number of carbonyl (C=O) groups is 1.